The molecule has 22 heavy (non-hydrogen) atoms. The molecule has 0 aliphatic rings. The van der Waals surface area contributed by atoms with E-state index in [1.807, 2.05) is 6.92 Å². The SMILES string of the molecule is C[C@H](Cc1c[nH]c2cc(F)c(F)cc12)NC(=O)OC(C)(C)C. The van der Waals surface area contributed by atoms with Gasteiger partial charge < -0.3 is 15.0 Å². The zero-order chi connectivity index (χ0) is 16.5. The highest BCUT2D eigenvalue weighted by Gasteiger charge is 2.18. The summed E-state index contributed by atoms with van der Waals surface area (Å²) >= 11 is 0. The number of H-pyrrole nitrogens is 1. The number of rotatable bonds is 3. The van der Waals surface area contributed by atoms with Crippen LogP contribution in [0.2, 0.25) is 0 Å². The normalized spacial score (nSPS) is 13.2. The molecule has 120 valence electrons. The van der Waals surface area contributed by atoms with E-state index in [0.717, 1.165) is 17.7 Å². The predicted octanol–water partition coefficient (Wildman–Crippen LogP) is 3.90. The van der Waals surface area contributed by atoms with Crippen LogP contribution in [0.3, 0.4) is 0 Å². The first-order valence-electron chi connectivity index (χ1n) is 7.10. The number of hydrogen-bond acceptors (Lipinski definition) is 2. The summed E-state index contributed by atoms with van der Waals surface area (Å²) in [5, 5.41) is 3.33. The zero-order valence-corrected chi connectivity index (χ0v) is 13.1. The Kier molecular flexibility index (Phi) is 4.39. The summed E-state index contributed by atoms with van der Waals surface area (Å²) in [5.41, 5.74) is 0.765. The molecule has 0 radical (unpaired) electrons. The van der Waals surface area contributed by atoms with Gasteiger partial charge in [-0.25, -0.2) is 13.6 Å². The lowest BCUT2D eigenvalue weighted by molar-refractivity contribution is 0.0508. The van der Waals surface area contributed by atoms with Gasteiger partial charge in [-0.2, -0.15) is 0 Å². The molecule has 0 bridgehead atoms. The number of aromatic amines is 1. The van der Waals surface area contributed by atoms with E-state index < -0.39 is 23.3 Å². The summed E-state index contributed by atoms with van der Waals surface area (Å²) in [4.78, 5) is 14.6. The maximum Gasteiger partial charge on any atom is 0.407 e. The fraction of sp³-hybridized carbons (Fsp3) is 0.438. The van der Waals surface area contributed by atoms with Crippen molar-refractivity contribution >= 4 is 17.0 Å². The first-order chi connectivity index (χ1) is 10.2. The second kappa shape index (κ2) is 5.94. The molecule has 4 nitrogen and oxygen atoms in total. The van der Waals surface area contributed by atoms with E-state index in [1.165, 1.54) is 0 Å². The fourth-order valence-corrected chi connectivity index (χ4v) is 2.23. The van der Waals surface area contributed by atoms with Gasteiger partial charge in [0.05, 0.1) is 0 Å². The quantitative estimate of drug-likeness (QED) is 0.903. The highest BCUT2D eigenvalue weighted by Crippen LogP contribution is 2.22. The Morgan fingerprint density at radius 1 is 1.32 bits per heavy atom. The number of halogens is 2. The standard InChI is InChI=1S/C16H20F2N2O2/c1-9(20-15(21)22-16(2,3)4)5-10-8-19-14-7-13(18)12(17)6-11(10)14/h6-9,19H,5H2,1-4H3,(H,20,21)/t9-/m1/s1. The molecule has 0 saturated carbocycles. The van der Waals surface area contributed by atoms with Crippen LogP contribution >= 0.6 is 0 Å². The Morgan fingerprint density at radius 2 is 1.95 bits per heavy atom. The molecule has 1 aromatic heterocycles. The Morgan fingerprint density at radius 3 is 2.59 bits per heavy atom. The van der Waals surface area contributed by atoms with Gasteiger partial charge >= 0.3 is 6.09 Å². The van der Waals surface area contributed by atoms with Crippen LogP contribution in [0, 0.1) is 11.6 Å². The minimum absolute atomic E-state index is 0.207. The summed E-state index contributed by atoms with van der Waals surface area (Å²) in [5.74, 6) is -1.78. The average Bonchev–Trinajstić information content (AvgIpc) is 2.70. The second-order valence-electron chi connectivity index (χ2n) is 6.38. The van der Waals surface area contributed by atoms with E-state index in [-0.39, 0.29) is 6.04 Å². The topological polar surface area (TPSA) is 54.1 Å². The fourth-order valence-electron chi connectivity index (χ4n) is 2.23. The number of alkyl carbamates (subject to hydrolysis) is 1. The maximum absolute atomic E-state index is 13.4. The third-order valence-electron chi connectivity index (χ3n) is 3.10. The van der Waals surface area contributed by atoms with Crippen LogP contribution in [-0.4, -0.2) is 22.7 Å². The number of carbonyl (C=O) groups is 1. The van der Waals surface area contributed by atoms with Gasteiger partial charge in [0, 0.05) is 29.2 Å². The van der Waals surface area contributed by atoms with Crippen molar-refractivity contribution in [2.45, 2.75) is 45.8 Å². The number of ether oxygens (including phenoxy) is 1. The minimum atomic E-state index is -0.888. The lowest BCUT2D eigenvalue weighted by Crippen LogP contribution is -2.38. The molecule has 0 unspecified atom stereocenters. The van der Waals surface area contributed by atoms with Gasteiger partial charge in [-0.3, -0.25) is 0 Å². The van der Waals surface area contributed by atoms with Crippen molar-refractivity contribution in [2.75, 3.05) is 0 Å². The van der Waals surface area contributed by atoms with Crippen molar-refractivity contribution in [3.63, 3.8) is 0 Å². The monoisotopic (exact) mass is 310 g/mol. The van der Waals surface area contributed by atoms with Crippen molar-refractivity contribution < 1.29 is 18.3 Å². The van der Waals surface area contributed by atoms with Crippen LogP contribution in [0.4, 0.5) is 13.6 Å². The molecule has 2 N–H and O–H groups in total. The lowest BCUT2D eigenvalue weighted by atomic mass is 10.1. The third-order valence-corrected chi connectivity index (χ3v) is 3.10. The smallest absolute Gasteiger partial charge is 0.407 e. The van der Waals surface area contributed by atoms with Gasteiger partial charge in [-0.15, -0.1) is 0 Å². The Labute approximate surface area is 127 Å². The van der Waals surface area contributed by atoms with Crippen molar-refractivity contribution in [3.05, 3.63) is 35.5 Å². The predicted molar refractivity (Wildman–Crippen MR) is 80.8 cm³/mol. The van der Waals surface area contributed by atoms with Crippen LogP contribution in [0.25, 0.3) is 10.9 Å². The van der Waals surface area contributed by atoms with Crippen LogP contribution in [0.5, 0.6) is 0 Å². The number of aromatic nitrogens is 1. The largest absolute Gasteiger partial charge is 0.444 e. The van der Waals surface area contributed by atoms with Crippen LogP contribution in [0.15, 0.2) is 18.3 Å². The Bertz CT molecular complexity index is 689. The maximum atomic E-state index is 13.4. The number of carbonyl (C=O) groups excluding carboxylic acids is 1. The van der Waals surface area contributed by atoms with Gasteiger partial charge in [0.1, 0.15) is 5.60 Å². The Hall–Kier alpha value is -2.11. The molecular weight excluding hydrogens is 290 g/mol. The van der Waals surface area contributed by atoms with Gasteiger partial charge in [0.2, 0.25) is 0 Å². The molecule has 2 rings (SSSR count). The number of fused-ring (bicyclic) bond motifs is 1. The molecule has 0 saturated heterocycles. The van der Waals surface area contributed by atoms with E-state index in [2.05, 4.69) is 10.3 Å². The molecule has 0 aliphatic heterocycles. The molecule has 1 aromatic carbocycles. The molecule has 6 heteroatoms. The van der Waals surface area contributed by atoms with E-state index in [0.29, 0.717) is 17.3 Å². The van der Waals surface area contributed by atoms with Gasteiger partial charge in [0.25, 0.3) is 0 Å². The Balaban J connectivity index is 2.07. The van der Waals surface area contributed by atoms with E-state index in [4.69, 9.17) is 4.74 Å². The average molecular weight is 310 g/mol. The number of benzene rings is 1. The highest BCUT2D eigenvalue weighted by molar-refractivity contribution is 5.83. The van der Waals surface area contributed by atoms with Gasteiger partial charge in [-0.1, -0.05) is 0 Å². The van der Waals surface area contributed by atoms with Crippen molar-refractivity contribution in [3.8, 4) is 0 Å². The summed E-state index contributed by atoms with van der Waals surface area (Å²) < 4.78 is 31.7. The first-order valence-corrected chi connectivity index (χ1v) is 7.10. The van der Waals surface area contributed by atoms with E-state index >= 15 is 0 Å². The zero-order valence-electron chi connectivity index (χ0n) is 13.1. The van der Waals surface area contributed by atoms with Crippen molar-refractivity contribution in [1.29, 1.82) is 0 Å². The second-order valence-corrected chi connectivity index (χ2v) is 6.38. The highest BCUT2D eigenvalue weighted by atomic mass is 19.2. The van der Waals surface area contributed by atoms with Crippen LogP contribution in [0.1, 0.15) is 33.3 Å². The molecule has 0 spiro atoms. The number of amides is 1. The van der Waals surface area contributed by atoms with Crippen molar-refractivity contribution in [1.82, 2.24) is 10.3 Å². The summed E-state index contributed by atoms with van der Waals surface area (Å²) in [6, 6.07) is 2.08. The molecule has 1 atom stereocenters. The molecule has 2 aromatic rings. The molecular formula is C16H20F2N2O2. The summed E-state index contributed by atoms with van der Waals surface area (Å²) in [7, 11) is 0. The van der Waals surface area contributed by atoms with Gasteiger partial charge in [-0.05, 0) is 45.7 Å². The number of hydrogen-bond donors (Lipinski definition) is 2. The summed E-state index contributed by atoms with van der Waals surface area (Å²) in [6.45, 7) is 7.18. The van der Waals surface area contributed by atoms with Gasteiger partial charge in [0.15, 0.2) is 11.6 Å². The minimum Gasteiger partial charge on any atom is -0.444 e. The summed E-state index contributed by atoms with van der Waals surface area (Å²) in [6.07, 6.45) is 1.67. The molecule has 0 aliphatic carbocycles. The van der Waals surface area contributed by atoms with Crippen LogP contribution < -0.4 is 5.32 Å². The molecule has 1 heterocycles. The molecule has 1 amide bonds. The first kappa shape index (κ1) is 16.3. The lowest BCUT2D eigenvalue weighted by Gasteiger charge is -2.21. The van der Waals surface area contributed by atoms with Crippen molar-refractivity contribution in [2.24, 2.45) is 0 Å². The third kappa shape index (κ3) is 3.96. The van der Waals surface area contributed by atoms with Crippen LogP contribution in [-0.2, 0) is 11.2 Å². The molecule has 0 fully saturated rings. The number of nitrogens with one attached hydrogen (secondary N) is 2. The van der Waals surface area contributed by atoms with E-state index in [1.54, 1.807) is 27.0 Å². The van der Waals surface area contributed by atoms with E-state index in [9.17, 15) is 13.6 Å².